The number of carbonyl (C=O) groups is 2. The Kier molecular flexibility index (Phi) is 12.8. The van der Waals surface area contributed by atoms with Crippen LogP contribution in [0.1, 0.15) is 104 Å². The highest BCUT2D eigenvalue weighted by Gasteiger charge is 2.39. The normalized spacial score (nSPS) is 19.0. The molecule has 1 heterocycles. The molecule has 4 aliphatic rings. The number of benzene rings is 4. The van der Waals surface area contributed by atoms with Gasteiger partial charge in [-0.2, -0.15) is 39.5 Å². The van der Waals surface area contributed by atoms with E-state index in [2.05, 4.69) is 0 Å². The van der Waals surface area contributed by atoms with Gasteiger partial charge in [-0.15, -0.1) is 0 Å². The fraction of sp³-hybridized carbons (Fsp3) is 0.366. The molecular weight excluding hydrogens is 866 g/mol. The number of ether oxygens (including phenoxy) is 3. The first-order valence-corrected chi connectivity index (χ1v) is 19.1. The third kappa shape index (κ3) is 9.43. The van der Waals surface area contributed by atoms with Crippen LogP contribution in [0.3, 0.4) is 0 Å². The molecule has 4 aromatic rings. The molecule has 316 valence electrons. The number of alkyl halides is 9. The van der Waals surface area contributed by atoms with Crippen molar-refractivity contribution in [2.45, 2.75) is 81.6 Å². The van der Waals surface area contributed by atoms with Crippen molar-refractivity contribution in [3.8, 4) is 11.5 Å². The number of halogens is 12. The number of hydrogen-bond donors (Lipinski definition) is 1. The Labute approximate surface area is 346 Å². The van der Waals surface area contributed by atoms with E-state index in [9.17, 15) is 54.2 Å². The summed E-state index contributed by atoms with van der Waals surface area (Å²) < 4.78 is 130. The van der Waals surface area contributed by atoms with Gasteiger partial charge in [0.15, 0.2) is 5.78 Å². The van der Waals surface area contributed by atoms with E-state index >= 15 is 0 Å². The van der Waals surface area contributed by atoms with Gasteiger partial charge >= 0.3 is 24.5 Å². The smallest absolute Gasteiger partial charge is 0.417 e. The molecule has 0 aromatic heterocycles. The van der Waals surface area contributed by atoms with E-state index in [-0.39, 0.29) is 51.7 Å². The number of fused-ring (bicyclic) bond motifs is 4. The van der Waals surface area contributed by atoms with Gasteiger partial charge in [0, 0.05) is 29.5 Å². The van der Waals surface area contributed by atoms with Gasteiger partial charge in [0.25, 0.3) is 0 Å². The molecule has 0 bridgehead atoms. The van der Waals surface area contributed by atoms with Crippen LogP contribution < -0.4 is 9.47 Å². The molecular formula is C41H32Cl3F9O6. The SMILES string of the molecule is COC(=O)C[C@@H]1COc2cc(O[C@@H]3CCc4c3ccc(C(F)(F)F)c4Cl)ccc21.O=C1CCc2c1ccc(C(F)(F)F)c2Cl.O[C@H]1CCc2c1ccc(C(F)(F)F)c2Cl. The maximum atomic E-state index is 13.1. The largest absolute Gasteiger partial charge is 0.492 e. The number of hydrogen-bond acceptors (Lipinski definition) is 6. The standard InChI is InChI=1S/C21H18ClF3O4.C10H8ClF3O.C10H6ClF3O/c1-27-19(26)8-11-10-28-18-9-12(2-3-13(11)18)29-17-7-5-15-14(17)4-6-16(20(15)22)21(23,24)25;2*11-9-6-2-4-8(15)5(6)1-3-7(9)10(12,13)14/h2-4,6,9,11,17H,5,7-8,10H2,1H3;1,3,8,15H,2,4H2;1,3H,2,4H2/t11-,17-;8-;/m10./s1. The van der Waals surface area contributed by atoms with Crippen molar-refractivity contribution in [3.05, 3.63) is 125 Å². The summed E-state index contributed by atoms with van der Waals surface area (Å²) in [6.07, 6.45) is -11.8. The Morgan fingerprint density at radius 3 is 1.83 bits per heavy atom. The van der Waals surface area contributed by atoms with Gasteiger partial charge < -0.3 is 19.3 Å². The van der Waals surface area contributed by atoms with Gasteiger partial charge in [0.1, 0.15) is 17.6 Å². The zero-order valence-electron chi connectivity index (χ0n) is 30.6. The van der Waals surface area contributed by atoms with Crippen molar-refractivity contribution in [2.24, 2.45) is 0 Å². The fourth-order valence-corrected chi connectivity index (χ4v) is 8.60. The van der Waals surface area contributed by atoms with E-state index in [0.717, 1.165) is 23.8 Å². The van der Waals surface area contributed by atoms with Gasteiger partial charge in [-0.1, -0.05) is 59.1 Å². The maximum Gasteiger partial charge on any atom is 0.417 e. The molecule has 3 atom stereocenters. The number of carbonyl (C=O) groups excluding carboxylic acids is 2. The van der Waals surface area contributed by atoms with E-state index in [0.29, 0.717) is 83.6 Å². The highest BCUT2D eigenvalue weighted by atomic mass is 35.5. The Morgan fingerprint density at radius 2 is 1.24 bits per heavy atom. The molecule has 18 heteroatoms. The first-order valence-electron chi connectivity index (χ1n) is 18.0. The molecule has 1 N–H and O–H groups in total. The van der Waals surface area contributed by atoms with Crippen LogP contribution in [0.25, 0.3) is 0 Å². The molecule has 0 spiro atoms. The van der Waals surface area contributed by atoms with Crippen LogP contribution in [-0.4, -0.2) is 30.6 Å². The third-order valence-corrected chi connectivity index (χ3v) is 11.7. The number of methoxy groups -OCH3 is 1. The number of ketones is 1. The predicted octanol–water partition coefficient (Wildman–Crippen LogP) is 12.3. The van der Waals surface area contributed by atoms with Crippen LogP contribution in [0.15, 0.2) is 54.6 Å². The van der Waals surface area contributed by atoms with Crippen molar-refractivity contribution >= 4 is 46.6 Å². The van der Waals surface area contributed by atoms with Crippen molar-refractivity contribution in [2.75, 3.05) is 13.7 Å². The first-order chi connectivity index (χ1) is 27.6. The molecule has 0 amide bonds. The van der Waals surface area contributed by atoms with Crippen LogP contribution >= 0.6 is 34.8 Å². The van der Waals surface area contributed by atoms with Crippen molar-refractivity contribution in [1.29, 1.82) is 0 Å². The van der Waals surface area contributed by atoms with E-state index in [1.807, 2.05) is 6.07 Å². The first kappa shape index (κ1) is 44.4. The summed E-state index contributed by atoms with van der Waals surface area (Å²) in [5, 5.41) is 8.62. The van der Waals surface area contributed by atoms with Gasteiger partial charge in [-0.3, -0.25) is 9.59 Å². The summed E-state index contributed by atoms with van der Waals surface area (Å²) >= 11 is 17.3. The summed E-state index contributed by atoms with van der Waals surface area (Å²) in [4.78, 5) is 22.8. The summed E-state index contributed by atoms with van der Waals surface area (Å²) in [5.41, 5.74) is 1.18. The summed E-state index contributed by atoms with van der Waals surface area (Å²) in [7, 11) is 1.35. The van der Waals surface area contributed by atoms with Gasteiger partial charge in [-0.05, 0) is 84.2 Å². The lowest BCUT2D eigenvalue weighted by molar-refractivity contribution is -0.141. The molecule has 4 aromatic carbocycles. The highest BCUT2D eigenvalue weighted by Crippen LogP contribution is 2.46. The number of aliphatic hydroxyl groups is 1. The lowest BCUT2D eigenvalue weighted by Crippen LogP contribution is -2.09. The van der Waals surface area contributed by atoms with Crippen LogP contribution in [0.4, 0.5) is 39.5 Å². The van der Waals surface area contributed by atoms with Crippen molar-refractivity contribution < 1.29 is 68.4 Å². The summed E-state index contributed by atoms with van der Waals surface area (Å²) in [5.74, 6) is 0.680. The molecule has 8 rings (SSSR count). The Hall–Kier alpha value is -4.18. The Balaban J connectivity index is 0.000000164. The highest BCUT2D eigenvalue weighted by molar-refractivity contribution is 6.33. The maximum absolute atomic E-state index is 13.1. The zero-order chi connectivity index (χ0) is 43.2. The molecule has 0 saturated heterocycles. The van der Waals surface area contributed by atoms with Crippen LogP contribution in [0.5, 0.6) is 11.5 Å². The summed E-state index contributed by atoms with van der Waals surface area (Å²) in [6, 6.07) is 12.1. The second-order valence-electron chi connectivity index (χ2n) is 14.0. The van der Waals surface area contributed by atoms with Crippen molar-refractivity contribution in [1.82, 2.24) is 0 Å². The minimum atomic E-state index is -4.48. The second kappa shape index (κ2) is 17.1. The minimum Gasteiger partial charge on any atom is -0.492 e. The second-order valence-corrected chi connectivity index (χ2v) is 15.2. The molecule has 59 heavy (non-hydrogen) atoms. The molecule has 0 unspecified atom stereocenters. The average molecular weight is 898 g/mol. The average Bonchev–Trinajstić information content (AvgIpc) is 3.95. The molecule has 1 aliphatic heterocycles. The van der Waals surface area contributed by atoms with E-state index in [4.69, 9.17) is 49.0 Å². The monoisotopic (exact) mass is 896 g/mol. The molecule has 6 nitrogen and oxygen atoms in total. The predicted molar refractivity (Wildman–Crippen MR) is 198 cm³/mol. The Bertz CT molecular complexity index is 2270. The molecule has 0 radical (unpaired) electrons. The van der Waals surface area contributed by atoms with Crippen LogP contribution in [0.2, 0.25) is 15.1 Å². The molecule has 0 fully saturated rings. The zero-order valence-corrected chi connectivity index (χ0v) is 32.9. The van der Waals surface area contributed by atoms with Gasteiger partial charge in [0.05, 0.1) is 58.0 Å². The minimum absolute atomic E-state index is 0.0710. The lowest BCUT2D eigenvalue weighted by Gasteiger charge is -2.17. The van der Waals surface area contributed by atoms with Crippen LogP contribution in [-0.2, 0) is 47.3 Å². The van der Waals surface area contributed by atoms with Gasteiger partial charge in [-0.25, -0.2) is 0 Å². The molecule has 3 aliphatic carbocycles. The third-order valence-electron chi connectivity index (χ3n) is 10.4. The van der Waals surface area contributed by atoms with Crippen LogP contribution in [0, 0.1) is 0 Å². The number of rotatable bonds is 4. The topological polar surface area (TPSA) is 82.1 Å². The fourth-order valence-electron chi connectivity index (χ4n) is 7.49. The lowest BCUT2D eigenvalue weighted by atomic mass is 9.98. The Morgan fingerprint density at radius 1 is 0.712 bits per heavy atom. The molecule has 0 saturated carbocycles. The van der Waals surface area contributed by atoms with Gasteiger partial charge in [0.2, 0.25) is 0 Å². The van der Waals surface area contributed by atoms with E-state index in [1.54, 1.807) is 12.1 Å². The van der Waals surface area contributed by atoms with E-state index in [1.165, 1.54) is 25.3 Å². The number of aliphatic hydroxyl groups excluding tert-OH is 1. The summed E-state index contributed by atoms with van der Waals surface area (Å²) in [6.45, 7) is 0.385. The number of esters is 1. The number of Topliss-reactive ketones (excluding diaryl/α,β-unsaturated/α-hetero) is 1. The van der Waals surface area contributed by atoms with E-state index < -0.39 is 41.3 Å². The van der Waals surface area contributed by atoms with Crippen molar-refractivity contribution in [3.63, 3.8) is 0 Å². The quantitative estimate of drug-likeness (QED) is 0.162.